The van der Waals surface area contributed by atoms with Gasteiger partial charge in [0.05, 0.1) is 12.7 Å². The number of nitrogens with zero attached hydrogens (tertiary/aromatic N) is 1. The first kappa shape index (κ1) is 22.9. The number of hydrogen-bond donors (Lipinski definition) is 3. The van der Waals surface area contributed by atoms with E-state index in [0.717, 1.165) is 32.0 Å². The fourth-order valence-electron chi connectivity index (χ4n) is 2.74. The van der Waals surface area contributed by atoms with Gasteiger partial charge in [0.1, 0.15) is 0 Å². The van der Waals surface area contributed by atoms with Gasteiger partial charge < -0.3 is 25.2 Å². The van der Waals surface area contributed by atoms with E-state index in [1.807, 2.05) is 0 Å². The van der Waals surface area contributed by atoms with E-state index in [-0.39, 0.29) is 47.5 Å². The summed E-state index contributed by atoms with van der Waals surface area (Å²) in [6, 6.07) is 0. The zero-order valence-corrected chi connectivity index (χ0v) is 17.5. The number of methoxy groups -OCH3 is 1. The largest absolute Gasteiger partial charge is 0.396 e. The molecule has 1 saturated heterocycles. The Balaban J connectivity index is 0.00000484. The van der Waals surface area contributed by atoms with E-state index >= 15 is 0 Å². The van der Waals surface area contributed by atoms with Crippen LogP contribution in [0.1, 0.15) is 33.6 Å². The van der Waals surface area contributed by atoms with Crippen molar-refractivity contribution in [2.24, 2.45) is 15.8 Å². The quantitative estimate of drug-likeness (QED) is 0.317. The van der Waals surface area contributed by atoms with Crippen LogP contribution in [0.4, 0.5) is 0 Å². The molecule has 0 aliphatic carbocycles. The van der Waals surface area contributed by atoms with Crippen LogP contribution in [0.25, 0.3) is 0 Å². The predicted molar refractivity (Wildman–Crippen MR) is 105 cm³/mol. The molecule has 1 rings (SSSR count). The minimum atomic E-state index is 0. The average molecular weight is 443 g/mol. The highest BCUT2D eigenvalue weighted by molar-refractivity contribution is 14.0. The summed E-state index contributed by atoms with van der Waals surface area (Å²) < 4.78 is 11.1. The summed E-state index contributed by atoms with van der Waals surface area (Å²) >= 11 is 0. The van der Waals surface area contributed by atoms with Crippen molar-refractivity contribution >= 4 is 29.9 Å². The number of aliphatic hydroxyl groups excluding tert-OH is 1. The SMILES string of the molecule is CN=C(NCC(OC)C(C)(C)C)NCC1(CCO)CCOC1.I. The molecule has 0 aromatic rings. The third-order valence-corrected chi connectivity index (χ3v) is 4.39. The molecule has 2 atom stereocenters. The molecule has 7 heteroatoms. The first-order chi connectivity index (χ1) is 10.4. The standard InChI is InChI=1S/C16H33N3O3.HI/c1-15(2,3)13(21-5)10-18-14(17-4)19-11-16(6-8-20)7-9-22-12-16;/h13,20H,6-12H2,1-5H3,(H2,17,18,19);1H. The Morgan fingerprint density at radius 3 is 2.52 bits per heavy atom. The predicted octanol–water partition coefficient (Wildman–Crippen LogP) is 1.62. The van der Waals surface area contributed by atoms with Crippen molar-refractivity contribution in [1.82, 2.24) is 10.6 Å². The lowest BCUT2D eigenvalue weighted by Gasteiger charge is -2.31. The molecule has 1 fully saturated rings. The molecule has 6 nitrogen and oxygen atoms in total. The lowest BCUT2D eigenvalue weighted by atomic mass is 9.84. The number of guanidine groups is 1. The van der Waals surface area contributed by atoms with Crippen LogP contribution in [0.15, 0.2) is 4.99 Å². The highest BCUT2D eigenvalue weighted by atomic mass is 127. The van der Waals surface area contributed by atoms with Gasteiger partial charge >= 0.3 is 0 Å². The maximum atomic E-state index is 9.27. The Bertz CT molecular complexity index is 353. The van der Waals surface area contributed by atoms with Gasteiger partial charge in [0.25, 0.3) is 0 Å². The zero-order valence-electron chi connectivity index (χ0n) is 15.1. The van der Waals surface area contributed by atoms with Crippen molar-refractivity contribution in [3.8, 4) is 0 Å². The van der Waals surface area contributed by atoms with Crippen molar-refractivity contribution in [2.45, 2.75) is 39.7 Å². The van der Waals surface area contributed by atoms with Crippen LogP contribution >= 0.6 is 24.0 Å². The van der Waals surface area contributed by atoms with Gasteiger partial charge in [0.15, 0.2) is 5.96 Å². The summed E-state index contributed by atoms with van der Waals surface area (Å²) in [5, 5.41) is 15.9. The minimum Gasteiger partial charge on any atom is -0.396 e. The molecule has 0 aromatic carbocycles. The summed E-state index contributed by atoms with van der Waals surface area (Å²) in [6.07, 6.45) is 1.83. The highest BCUT2D eigenvalue weighted by Crippen LogP contribution is 2.31. The Morgan fingerprint density at radius 1 is 1.39 bits per heavy atom. The van der Waals surface area contributed by atoms with Crippen LogP contribution < -0.4 is 10.6 Å². The Morgan fingerprint density at radius 2 is 2.09 bits per heavy atom. The van der Waals surface area contributed by atoms with Crippen LogP contribution in [-0.2, 0) is 9.47 Å². The molecule has 3 N–H and O–H groups in total. The molecule has 23 heavy (non-hydrogen) atoms. The monoisotopic (exact) mass is 443 g/mol. The fourth-order valence-corrected chi connectivity index (χ4v) is 2.74. The third kappa shape index (κ3) is 7.53. The molecule has 1 aliphatic rings. The van der Waals surface area contributed by atoms with E-state index in [2.05, 4.69) is 36.4 Å². The summed E-state index contributed by atoms with van der Waals surface area (Å²) in [5.74, 6) is 0.760. The highest BCUT2D eigenvalue weighted by Gasteiger charge is 2.34. The van der Waals surface area contributed by atoms with Crippen LogP contribution in [0.5, 0.6) is 0 Å². The van der Waals surface area contributed by atoms with Gasteiger partial charge in [0.2, 0.25) is 0 Å². The molecule has 0 amide bonds. The van der Waals surface area contributed by atoms with Gasteiger partial charge in [-0.3, -0.25) is 4.99 Å². The lowest BCUT2D eigenvalue weighted by molar-refractivity contribution is 0.0205. The maximum absolute atomic E-state index is 9.27. The average Bonchev–Trinajstić information content (AvgIpc) is 2.90. The Labute approximate surface area is 157 Å². The second-order valence-electron chi connectivity index (χ2n) is 7.17. The molecule has 0 radical (unpaired) electrons. The first-order valence-corrected chi connectivity index (χ1v) is 8.03. The molecule has 0 spiro atoms. The van der Waals surface area contributed by atoms with Gasteiger partial charge in [0, 0.05) is 45.9 Å². The number of aliphatic hydroxyl groups is 1. The van der Waals surface area contributed by atoms with E-state index in [0.29, 0.717) is 13.2 Å². The smallest absolute Gasteiger partial charge is 0.191 e. The van der Waals surface area contributed by atoms with E-state index in [4.69, 9.17) is 9.47 Å². The molecule has 1 heterocycles. The van der Waals surface area contributed by atoms with Gasteiger partial charge in [-0.05, 0) is 18.3 Å². The molecule has 1 aliphatic heterocycles. The third-order valence-electron chi connectivity index (χ3n) is 4.39. The zero-order chi connectivity index (χ0) is 16.6. The van der Waals surface area contributed by atoms with E-state index < -0.39 is 0 Å². The van der Waals surface area contributed by atoms with Gasteiger partial charge in [-0.2, -0.15) is 0 Å². The number of rotatable bonds is 7. The van der Waals surface area contributed by atoms with Crippen LogP contribution in [-0.4, -0.2) is 64.2 Å². The number of hydrogen-bond acceptors (Lipinski definition) is 4. The Kier molecular flexibility index (Phi) is 10.6. The molecule has 2 unspecified atom stereocenters. The van der Waals surface area contributed by atoms with Crippen molar-refractivity contribution in [3.05, 3.63) is 0 Å². The van der Waals surface area contributed by atoms with Crippen molar-refractivity contribution in [1.29, 1.82) is 0 Å². The molecule has 138 valence electrons. The molecule has 0 bridgehead atoms. The van der Waals surface area contributed by atoms with Crippen LogP contribution in [0, 0.1) is 10.8 Å². The summed E-state index contributed by atoms with van der Waals surface area (Å²) in [6.45, 7) is 9.57. The normalized spacial score (nSPS) is 23.3. The molecular weight excluding hydrogens is 409 g/mol. The molecule has 0 saturated carbocycles. The minimum absolute atomic E-state index is 0. The summed E-state index contributed by atoms with van der Waals surface area (Å²) in [4.78, 5) is 4.26. The van der Waals surface area contributed by atoms with E-state index in [1.54, 1.807) is 14.2 Å². The van der Waals surface area contributed by atoms with Gasteiger partial charge in [-0.25, -0.2) is 0 Å². The van der Waals surface area contributed by atoms with Crippen molar-refractivity contribution < 1.29 is 14.6 Å². The van der Waals surface area contributed by atoms with Gasteiger partial charge in [-0.1, -0.05) is 20.8 Å². The van der Waals surface area contributed by atoms with Crippen LogP contribution in [0.2, 0.25) is 0 Å². The topological polar surface area (TPSA) is 75.1 Å². The summed E-state index contributed by atoms with van der Waals surface area (Å²) in [7, 11) is 3.50. The number of halogens is 1. The second kappa shape index (κ2) is 10.7. The molecular formula is C16H34IN3O3. The maximum Gasteiger partial charge on any atom is 0.191 e. The van der Waals surface area contributed by atoms with Crippen molar-refractivity contribution in [3.63, 3.8) is 0 Å². The summed E-state index contributed by atoms with van der Waals surface area (Å²) in [5.41, 5.74) is 0.0784. The number of aliphatic imine (C=N–C) groups is 1. The second-order valence-corrected chi connectivity index (χ2v) is 7.17. The lowest BCUT2D eigenvalue weighted by Crippen LogP contribution is -2.48. The Hall–Kier alpha value is -0.120. The number of nitrogens with one attached hydrogen (secondary N) is 2. The molecule has 0 aromatic heterocycles. The van der Waals surface area contributed by atoms with Crippen molar-refractivity contribution in [2.75, 3.05) is 47.1 Å². The fraction of sp³-hybridized carbons (Fsp3) is 0.938. The van der Waals surface area contributed by atoms with Gasteiger partial charge in [-0.15, -0.1) is 24.0 Å². The number of ether oxygens (including phenoxy) is 2. The van der Waals surface area contributed by atoms with E-state index in [9.17, 15) is 5.11 Å². The van der Waals surface area contributed by atoms with E-state index in [1.165, 1.54) is 0 Å². The first-order valence-electron chi connectivity index (χ1n) is 8.03. The van der Waals surface area contributed by atoms with Crippen LogP contribution in [0.3, 0.4) is 0 Å².